The zero-order valence-electron chi connectivity index (χ0n) is 11.0. The lowest BCUT2D eigenvalue weighted by Crippen LogP contribution is -2.39. The molecule has 116 valence electrons. The average molecular weight is 306 g/mol. The van der Waals surface area contributed by atoms with E-state index in [0.29, 0.717) is 6.42 Å². The van der Waals surface area contributed by atoms with E-state index < -0.39 is 41.8 Å². The summed E-state index contributed by atoms with van der Waals surface area (Å²) >= 11 is 0. The predicted molar refractivity (Wildman–Crippen MR) is 66.4 cm³/mol. The monoisotopic (exact) mass is 306 g/mol. The highest BCUT2D eigenvalue weighted by atomic mass is 19.4. The molecule has 21 heavy (non-hydrogen) atoms. The molecule has 2 N–H and O–H groups in total. The number of aromatic hydroxyl groups is 1. The van der Waals surface area contributed by atoms with E-state index in [-0.39, 0.29) is 13.1 Å². The van der Waals surface area contributed by atoms with Gasteiger partial charge in [-0.2, -0.15) is 13.2 Å². The molecule has 8 heteroatoms. The molecule has 2 rings (SSSR count). The molecule has 1 aromatic rings. The summed E-state index contributed by atoms with van der Waals surface area (Å²) in [7, 11) is 0. The van der Waals surface area contributed by atoms with E-state index in [2.05, 4.69) is 5.32 Å². The maximum Gasteiger partial charge on any atom is 0.401 e. The van der Waals surface area contributed by atoms with Crippen LogP contribution in [0.3, 0.4) is 0 Å². The van der Waals surface area contributed by atoms with Crippen LogP contribution in [0.5, 0.6) is 5.75 Å². The van der Waals surface area contributed by atoms with Gasteiger partial charge in [0.25, 0.3) is 5.91 Å². The molecule has 1 aliphatic rings. The Kier molecular flexibility index (Phi) is 4.36. The minimum Gasteiger partial charge on any atom is -0.507 e. The topological polar surface area (TPSA) is 52.6 Å². The van der Waals surface area contributed by atoms with Crippen LogP contribution in [0.15, 0.2) is 18.2 Å². The van der Waals surface area contributed by atoms with Gasteiger partial charge in [-0.05, 0) is 18.6 Å². The van der Waals surface area contributed by atoms with Crippen LogP contribution in [0.4, 0.5) is 17.6 Å². The molecule has 1 amide bonds. The molecule has 0 saturated carbocycles. The van der Waals surface area contributed by atoms with Crippen LogP contribution >= 0.6 is 0 Å². The van der Waals surface area contributed by atoms with Crippen molar-refractivity contribution >= 4 is 5.91 Å². The first-order chi connectivity index (χ1) is 9.76. The molecule has 0 unspecified atom stereocenters. The van der Waals surface area contributed by atoms with Crippen LogP contribution in [0.1, 0.15) is 16.8 Å². The third-order valence-corrected chi connectivity index (χ3v) is 3.23. The Balaban J connectivity index is 1.96. The Morgan fingerprint density at radius 1 is 1.43 bits per heavy atom. The molecule has 0 spiro atoms. The lowest BCUT2D eigenvalue weighted by atomic mass is 10.1. The molecule has 1 saturated heterocycles. The van der Waals surface area contributed by atoms with Crippen molar-refractivity contribution in [2.45, 2.75) is 18.6 Å². The average Bonchev–Trinajstić information content (AvgIpc) is 2.73. The smallest absolute Gasteiger partial charge is 0.401 e. The second kappa shape index (κ2) is 5.88. The number of nitrogens with zero attached hydrogens (tertiary/aromatic N) is 1. The number of alkyl halides is 3. The summed E-state index contributed by atoms with van der Waals surface area (Å²) in [6.07, 6.45) is -3.94. The van der Waals surface area contributed by atoms with Crippen molar-refractivity contribution in [2.75, 3.05) is 19.6 Å². The number of phenolic OH excluding ortho intramolecular Hbond substituents is 1. The normalized spacial score (nSPS) is 19.7. The van der Waals surface area contributed by atoms with Crippen molar-refractivity contribution in [3.8, 4) is 5.75 Å². The first-order valence-corrected chi connectivity index (χ1v) is 6.34. The van der Waals surface area contributed by atoms with E-state index in [1.807, 2.05) is 0 Å². The first-order valence-electron chi connectivity index (χ1n) is 6.34. The minimum atomic E-state index is -4.29. The number of rotatable bonds is 3. The molecule has 1 aliphatic heterocycles. The van der Waals surface area contributed by atoms with E-state index in [0.717, 1.165) is 6.07 Å². The molecule has 4 nitrogen and oxygen atoms in total. The summed E-state index contributed by atoms with van der Waals surface area (Å²) in [4.78, 5) is 13.1. The zero-order chi connectivity index (χ0) is 15.6. The SMILES string of the molecule is O=C(N[C@@H]1CCN(CC(F)(F)F)C1)c1c(O)cccc1F. The van der Waals surface area contributed by atoms with Gasteiger partial charge < -0.3 is 10.4 Å². The predicted octanol–water partition coefficient (Wildman–Crippen LogP) is 1.90. The number of amides is 1. The van der Waals surface area contributed by atoms with Gasteiger partial charge in [0.05, 0.1) is 6.54 Å². The highest BCUT2D eigenvalue weighted by Gasteiger charge is 2.35. The number of halogens is 4. The highest BCUT2D eigenvalue weighted by molar-refractivity contribution is 5.97. The molecule has 1 aromatic carbocycles. The second-order valence-electron chi connectivity index (χ2n) is 4.94. The number of phenols is 1. The quantitative estimate of drug-likeness (QED) is 0.839. The van der Waals surface area contributed by atoms with Crippen molar-refractivity contribution < 1.29 is 27.5 Å². The lowest BCUT2D eigenvalue weighted by Gasteiger charge is -2.18. The summed E-state index contributed by atoms with van der Waals surface area (Å²) < 4.78 is 50.3. The van der Waals surface area contributed by atoms with Crippen molar-refractivity contribution in [3.63, 3.8) is 0 Å². The fourth-order valence-corrected chi connectivity index (χ4v) is 2.34. The van der Waals surface area contributed by atoms with Crippen molar-refractivity contribution in [1.82, 2.24) is 10.2 Å². The van der Waals surface area contributed by atoms with E-state index >= 15 is 0 Å². The minimum absolute atomic E-state index is 0.0421. The number of hydrogen-bond acceptors (Lipinski definition) is 3. The van der Waals surface area contributed by atoms with Gasteiger partial charge in [0, 0.05) is 19.1 Å². The van der Waals surface area contributed by atoms with E-state index in [1.165, 1.54) is 17.0 Å². The fraction of sp³-hybridized carbons (Fsp3) is 0.462. The van der Waals surface area contributed by atoms with Gasteiger partial charge in [-0.15, -0.1) is 0 Å². The van der Waals surface area contributed by atoms with E-state index in [4.69, 9.17) is 0 Å². The molecule has 0 radical (unpaired) electrons. The van der Waals surface area contributed by atoms with Gasteiger partial charge in [0.2, 0.25) is 0 Å². The molecule has 0 aliphatic carbocycles. The highest BCUT2D eigenvalue weighted by Crippen LogP contribution is 2.22. The number of carbonyl (C=O) groups is 1. The summed E-state index contributed by atoms with van der Waals surface area (Å²) in [5, 5.41) is 11.9. The standard InChI is InChI=1S/C13H14F4N2O2/c14-9-2-1-3-10(20)11(9)12(21)18-8-4-5-19(6-8)7-13(15,16)17/h1-3,8,20H,4-7H2,(H,18,21)/t8-/m1/s1. The molecule has 1 fully saturated rings. The zero-order valence-corrected chi connectivity index (χ0v) is 11.0. The maximum absolute atomic E-state index is 13.5. The maximum atomic E-state index is 13.5. The molecular weight excluding hydrogens is 292 g/mol. The first kappa shape index (κ1) is 15.6. The van der Waals surface area contributed by atoms with Gasteiger partial charge in [-0.1, -0.05) is 6.07 Å². The van der Waals surface area contributed by atoms with Gasteiger partial charge >= 0.3 is 6.18 Å². The van der Waals surface area contributed by atoms with Crippen LogP contribution in [-0.2, 0) is 0 Å². The Morgan fingerprint density at radius 3 is 2.76 bits per heavy atom. The molecule has 1 atom stereocenters. The summed E-state index contributed by atoms with van der Waals surface area (Å²) in [6, 6.07) is 2.95. The van der Waals surface area contributed by atoms with Gasteiger partial charge in [0.1, 0.15) is 17.1 Å². The lowest BCUT2D eigenvalue weighted by molar-refractivity contribution is -0.143. The van der Waals surface area contributed by atoms with Crippen LogP contribution in [0.2, 0.25) is 0 Å². The Labute approximate surface area is 118 Å². The number of benzene rings is 1. The Bertz CT molecular complexity index is 513. The summed E-state index contributed by atoms with van der Waals surface area (Å²) in [6.45, 7) is -0.793. The number of hydrogen-bond donors (Lipinski definition) is 2. The van der Waals surface area contributed by atoms with Gasteiger partial charge in [0.15, 0.2) is 0 Å². The Hall–Kier alpha value is -1.83. The van der Waals surface area contributed by atoms with Crippen LogP contribution in [0.25, 0.3) is 0 Å². The molecule has 1 heterocycles. The van der Waals surface area contributed by atoms with E-state index in [1.54, 1.807) is 0 Å². The van der Waals surface area contributed by atoms with Gasteiger partial charge in [-0.25, -0.2) is 4.39 Å². The van der Waals surface area contributed by atoms with Crippen molar-refractivity contribution in [1.29, 1.82) is 0 Å². The third kappa shape index (κ3) is 4.07. The number of carbonyl (C=O) groups excluding carboxylic acids is 1. The third-order valence-electron chi connectivity index (χ3n) is 3.23. The fourth-order valence-electron chi connectivity index (χ4n) is 2.34. The second-order valence-corrected chi connectivity index (χ2v) is 4.94. The summed E-state index contributed by atoms with van der Waals surface area (Å²) in [5.74, 6) is -2.21. The van der Waals surface area contributed by atoms with Crippen LogP contribution in [-0.4, -0.2) is 47.8 Å². The summed E-state index contributed by atoms with van der Waals surface area (Å²) in [5.41, 5.74) is -0.494. The number of likely N-dealkylation sites (tertiary alicyclic amines) is 1. The van der Waals surface area contributed by atoms with E-state index in [9.17, 15) is 27.5 Å². The Morgan fingerprint density at radius 2 is 2.14 bits per heavy atom. The molecule has 0 bridgehead atoms. The van der Waals surface area contributed by atoms with Crippen LogP contribution < -0.4 is 5.32 Å². The largest absolute Gasteiger partial charge is 0.507 e. The number of nitrogens with one attached hydrogen (secondary N) is 1. The van der Waals surface area contributed by atoms with Crippen molar-refractivity contribution in [3.05, 3.63) is 29.6 Å². The van der Waals surface area contributed by atoms with Crippen molar-refractivity contribution in [2.24, 2.45) is 0 Å². The molecule has 0 aromatic heterocycles. The van der Waals surface area contributed by atoms with Gasteiger partial charge in [-0.3, -0.25) is 9.69 Å². The molecular formula is C13H14F4N2O2. The van der Waals surface area contributed by atoms with Crippen LogP contribution in [0, 0.1) is 5.82 Å².